The number of benzene rings is 2. The van der Waals surface area contributed by atoms with Gasteiger partial charge in [0.05, 0.1) is 5.69 Å². The molecule has 0 unspecified atom stereocenters. The van der Waals surface area contributed by atoms with E-state index in [1.807, 2.05) is 30.3 Å². The molecule has 1 amide bonds. The van der Waals surface area contributed by atoms with Crippen LogP contribution in [0.1, 0.15) is 37.4 Å². The van der Waals surface area contributed by atoms with Crippen LogP contribution < -0.4 is 5.32 Å². The molecule has 2 aromatic heterocycles. The lowest BCUT2D eigenvalue weighted by molar-refractivity contribution is -0.116. The molecule has 0 atom stereocenters. The van der Waals surface area contributed by atoms with Crippen LogP contribution in [0.2, 0.25) is 0 Å². The van der Waals surface area contributed by atoms with Gasteiger partial charge in [-0.3, -0.25) is 9.20 Å². The van der Waals surface area contributed by atoms with Gasteiger partial charge in [-0.25, -0.2) is 4.98 Å². The summed E-state index contributed by atoms with van der Waals surface area (Å²) in [7, 11) is 0. The second-order valence-corrected chi connectivity index (χ2v) is 8.03. The fourth-order valence-electron chi connectivity index (χ4n) is 3.17. The normalized spacial score (nSPS) is 11.2. The molecule has 0 saturated heterocycles. The Morgan fingerprint density at radius 2 is 1.86 bits per heavy atom. The number of hydrogen-bond acceptors (Lipinski definition) is 3. The number of amides is 1. The van der Waals surface area contributed by atoms with Gasteiger partial charge in [-0.2, -0.15) is 0 Å². The molecule has 4 nitrogen and oxygen atoms in total. The number of anilines is 1. The molecular formula is C23H23N3OS. The van der Waals surface area contributed by atoms with Crippen molar-refractivity contribution < 1.29 is 4.79 Å². The largest absolute Gasteiger partial charge is 0.326 e. The molecule has 0 aliphatic rings. The Kier molecular flexibility index (Phi) is 5.26. The van der Waals surface area contributed by atoms with Gasteiger partial charge in [0, 0.05) is 34.9 Å². The molecule has 2 aromatic carbocycles. The Morgan fingerprint density at radius 3 is 2.57 bits per heavy atom. The van der Waals surface area contributed by atoms with Crippen molar-refractivity contribution in [2.75, 3.05) is 5.32 Å². The first-order chi connectivity index (χ1) is 13.6. The van der Waals surface area contributed by atoms with Gasteiger partial charge in [-0.05, 0) is 30.0 Å². The van der Waals surface area contributed by atoms with Gasteiger partial charge in [0.1, 0.15) is 0 Å². The highest BCUT2D eigenvalue weighted by atomic mass is 32.1. The number of nitrogens with one attached hydrogen (secondary N) is 1. The molecule has 0 aliphatic heterocycles. The lowest BCUT2D eigenvalue weighted by Crippen LogP contribution is -2.12. The molecule has 0 fully saturated rings. The SMILES string of the molecule is CC(C)c1ccc(NC(=O)CCc2csc3nc(-c4ccccc4)cn23)cc1. The van der Waals surface area contributed by atoms with Gasteiger partial charge in [0.2, 0.25) is 5.91 Å². The summed E-state index contributed by atoms with van der Waals surface area (Å²) in [6, 6.07) is 18.2. The van der Waals surface area contributed by atoms with Crippen LogP contribution in [0.25, 0.3) is 16.2 Å². The number of hydrogen-bond donors (Lipinski definition) is 1. The highest BCUT2D eigenvalue weighted by molar-refractivity contribution is 7.15. The van der Waals surface area contributed by atoms with Gasteiger partial charge >= 0.3 is 0 Å². The van der Waals surface area contributed by atoms with Crippen molar-refractivity contribution in [1.82, 2.24) is 9.38 Å². The Morgan fingerprint density at radius 1 is 1.11 bits per heavy atom. The van der Waals surface area contributed by atoms with E-state index >= 15 is 0 Å². The fraction of sp³-hybridized carbons (Fsp3) is 0.217. The van der Waals surface area contributed by atoms with Crippen molar-refractivity contribution in [2.45, 2.75) is 32.6 Å². The second kappa shape index (κ2) is 7.98. The zero-order valence-electron chi connectivity index (χ0n) is 16.1. The number of carbonyl (C=O) groups excluding carboxylic acids is 1. The lowest BCUT2D eigenvalue weighted by atomic mass is 10.0. The van der Waals surface area contributed by atoms with E-state index in [9.17, 15) is 4.79 Å². The summed E-state index contributed by atoms with van der Waals surface area (Å²) in [5.41, 5.74) is 5.29. The minimum absolute atomic E-state index is 0.0278. The second-order valence-electron chi connectivity index (χ2n) is 7.20. The first-order valence-corrected chi connectivity index (χ1v) is 10.4. The zero-order chi connectivity index (χ0) is 19.5. The maximum atomic E-state index is 12.4. The molecule has 2 heterocycles. The maximum Gasteiger partial charge on any atom is 0.224 e. The number of aryl methyl sites for hydroxylation is 1. The quantitative estimate of drug-likeness (QED) is 0.456. The van der Waals surface area contributed by atoms with Crippen molar-refractivity contribution in [3.05, 3.63) is 77.4 Å². The third-order valence-electron chi connectivity index (χ3n) is 4.82. The van der Waals surface area contributed by atoms with Crippen LogP contribution in [0, 0.1) is 0 Å². The first-order valence-electron chi connectivity index (χ1n) is 9.51. The van der Waals surface area contributed by atoms with Gasteiger partial charge in [0.25, 0.3) is 0 Å². The van der Waals surface area contributed by atoms with Crippen LogP contribution in [0.3, 0.4) is 0 Å². The molecule has 28 heavy (non-hydrogen) atoms. The summed E-state index contributed by atoms with van der Waals surface area (Å²) in [5.74, 6) is 0.516. The maximum absolute atomic E-state index is 12.4. The molecule has 0 bridgehead atoms. The number of thiazole rings is 1. The Balaban J connectivity index is 1.41. The molecule has 0 spiro atoms. The molecule has 0 aliphatic carbocycles. The van der Waals surface area contributed by atoms with Crippen molar-refractivity contribution in [1.29, 1.82) is 0 Å². The summed E-state index contributed by atoms with van der Waals surface area (Å²) >= 11 is 1.61. The van der Waals surface area contributed by atoms with Crippen LogP contribution in [-0.2, 0) is 11.2 Å². The number of fused-ring (bicyclic) bond motifs is 1. The van der Waals surface area contributed by atoms with Gasteiger partial charge < -0.3 is 5.32 Å². The third kappa shape index (κ3) is 3.99. The summed E-state index contributed by atoms with van der Waals surface area (Å²) in [6.45, 7) is 4.32. The molecule has 0 saturated carbocycles. The van der Waals surface area contributed by atoms with E-state index in [4.69, 9.17) is 4.98 Å². The Labute approximate surface area is 168 Å². The number of nitrogens with zero attached hydrogens (tertiary/aromatic N) is 2. The van der Waals surface area contributed by atoms with E-state index in [0.29, 0.717) is 18.8 Å². The Hall–Kier alpha value is -2.92. The molecular weight excluding hydrogens is 366 g/mol. The minimum Gasteiger partial charge on any atom is -0.326 e. The van der Waals surface area contributed by atoms with E-state index in [-0.39, 0.29) is 5.91 Å². The summed E-state index contributed by atoms with van der Waals surface area (Å²) < 4.78 is 2.09. The van der Waals surface area contributed by atoms with Gasteiger partial charge in [0.15, 0.2) is 4.96 Å². The fourth-order valence-corrected chi connectivity index (χ4v) is 4.08. The number of aromatic nitrogens is 2. The first kappa shape index (κ1) is 18.4. The average Bonchev–Trinajstić information content (AvgIpc) is 3.28. The van der Waals surface area contributed by atoms with Crippen molar-refractivity contribution >= 4 is 27.9 Å². The summed E-state index contributed by atoms with van der Waals surface area (Å²) in [5, 5.41) is 5.07. The third-order valence-corrected chi connectivity index (χ3v) is 5.71. The van der Waals surface area contributed by atoms with Gasteiger partial charge in [-0.15, -0.1) is 11.3 Å². The van der Waals surface area contributed by atoms with E-state index in [1.54, 1.807) is 11.3 Å². The van der Waals surface area contributed by atoms with Crippen molar-refractivity contribution in [3.8, 4) is 11.3 Å². The highest BCUT2D eigenvalue weighted by Crippen LogP contribution is 2.24. The number of carbonyl (C=O) groups is 1. The van der Waals surface area contributed by atoms with Crippen LogP contribution in [0.5, 0.6) is 0 Å². The van der Waals surface area contributed by atoms with E-state index in [2.05, 4.69) is 59.4 Å². The lowest BCUT2D eigenvalue weighted by Gasteiger charge is -2.08. The van der Waals surface area contributed by atoms with Crippen LogP contribution in [-0.4, -0.2) is 15.3 Å². The van der Waals surface area contributed by atoms with E-state index < -0.39 is 0 Å². The number of imidazole rings is 1. The molecule has 5 heteroatoms. The standard InChI is InChI=1S/C23H23N3OS/c1-16(2)17-8-10-19(11-9-17)24-22(27)13-12-20-15-28-23-25-21(14-26(20)23)18-6-4-3-5-7-18/h3-11,14-16H,12-13H2,1-2H3,(H,24,27). The summed E-state index contributed by atoms with van der Waals surface area (Å²) in [6.07, 6.45) is 3.18. The number of rotatable bonds is 6. The van der Waals surface area contributed by atoms with E-state index in [1.165, 1.54) is 5.56 Å². The summed E-state index contributed by atoms with van der Waals surface area (Å²) in [4.78, 5) is 18.0. The predicted octanol–water partition coefficient (Wildman–Crippen LogP) is 5.76. The van der Waals surface area contributed by atoms with Crippen LogP contribution in [0.15, 0.2) is 66.2 Å². The molecule has 4 rings (SSSR count). The van der Waals surface area contributed by atoms with E-state index in [0.717, 1.165) is 27.6 Å². The highest BCUT2D eigenvalue weighted by Gasteiger charge is 2.11. The molecule has 0 radical (unpaired) electrons. The molecule has 4 aromatic rings. The monoisotopic (exact) mass is 389 g/mol. The predicted molar refractivity (Wildman–Crippen MR) is 116 cm³/mol. The molecule has 1 N–H and O–H groups in total. The van der Waals surface area contributed by atoms with Crippen LogP contribution >= 0.6 is 11.3 Å². The average molecular weight is 390 g/mol. The van der Waals surface area contributed by atoms with Crippen molar-refractivity contribution in [2.24, 2.45) is 0 Å². The van der Waals surface area contributed by atoms with Gasteiger partial charge in [-0.1, -0.05) is 56.3 Å². The zero-order valence-corrected chi connectivity index (χ0v) is 16.9. The van der Waals surface area contributed by atoms with Crippen molar-refractivity contribution in [3.63, 3.8) is 0 Å². The Bertz CT molecular complexity index is 1080. The minimum atomic E-state index is 0.0278. The van der Waals surface area contributed by atoms with Crippen LogP contribution in [0.4, 0.5) is 5.69 Å². The topological polar surface area (TPSA) is 46.4 Å². The smallest absolute Gasteiger partial charge is 0.224 e. The molecule has 142 valence electrons.